The third-order valence-corrected chi connectivity index (χ3v) is 5.81. The fourth-order valence-electron chi connectivity index (χ4n) is 3.23. The first-order chi connectivity index (χ1) is 10.9. The summed E-state index contributed by atoms with van der Waals surface area (Å²) in [5.74, 6) is 1.90. The van der Waals surface area contributed by atoms with Gasteiger partial charge in [0.2, 0.25) is 10.0 Å². The Hall–Kier alpha value is -1.31. The lowest BCUT2D eigenvalue weighted by atomic mass is 9.95. The van der Waals surface area contributed by atoms with E-state index in [0.717, 1.165) is 23.5 Å². The molecule has 0 unspecified atom stereocenters. The van der Waals surface area contributed by atoms with E-state index in [9.17, 15) is 8.42 Å². The Morgan fingerprint density at radius 2 is 2.09 bits per heavy atom. The third-order valence-electron chi connectivity index (χ3n) is 4.54. The van der Waals surface area contributed by atoms with Gasteiger partial charge in [-0.25, -0.2) is 12.7 Å². The Bertz CT molecular complexity index is 662. The van der Waals surface area contributed by atoms with Crippen molar-refractivity contribution in [2.45, 2.75) is 25.9 Å². The van der Waals surface area contributed by atoms with E-state index in [4.69, 9.17) is 9.47 Å². The molecular formula is C16H24N2O4S. The number of hydrogen-bond donors (Lipinski definition) is 1. The van der Waals surface area contributed by atoms with Gasteiger partial charge in [-0.3, -0.25) is 0 Å². The molecule has 0 amide bonds. The number of sulfonamides is 1. The van der Waals surface area contributed by atoms with Crippen LogP contribution in [0.25, 0.3) is 0 Å². The van der Waals surface area contributed by atoms with Crippen LogP contribution in [0.5, 0.6) is 11.5 Å². The van der Waals surface area contributed by atoms with Crippen LogP contribution in [0.15, 0.2) is 18.2 Å². The van der Waals surface area contributed by atoms with Gasteiger partial charge >= 0.3 is 0 Å². The molecule has 0 aliphatic carbocycles. The predicted molar refractivity (Wildman–Crippen MR) is 88.3 cm³/mol. The standard InChI is InChI=1S/C16H24N2O4S/c1-12-11-18(23(2,19)20)7-6-14(12)17-10-13-4-3-5-15-16(13)22-9-8-21-15/h3-5,12,14,17H,6-11H2,1-2H3/t12-,14+/m1/s1. The molecule has 1 fully saturated rings. The smallest absolute Gasteiger partial charge is 0.211 e. The second-order valence-electron chi connectivity index (χ2n) is 6.32. The Morgan fingerprint density at radius 1 is 1.30 bits per heavy atom. The van der Waals surface area contributed by atoms with E-state index in [0.29, 0.717) is 38.9 Å². The van der Waals surface area contributed by atoms with Crippen molar-refractivity contribution in [3.8, 4) is 11.5 Å². The molecule has 0 aromatic heterocycles. The summed E-state index contributed by atoms with van der Waals surface area (Å²) in [5, 5.41) is 3.55. The maximum atomic E-state index is 11.7. The van der Waals surface area contributed by atoms with Gasteiger partial charge in [-0.1, -0.05) is 19.1 Å². The first kappa shape index (κ1) is 16.5. The van der Waals surface area contributed by atoms with Crippen molar-refractivity contribution in [3.63, 3.8) is 0 Å². The highest BCUT2D eigenvalue weighted by atomic mass is 32.2. The van der Waals surface area contributed by atoms with Crippen molar-refractivity contribution >= 4 is 10.0 Å². The normalized spacial score (nSPS) is 25.3. The second-order valence-corrected chi connectivity index (χ2v) is 8.30. The molecule has 1 saturated heterocycles. The van der Waals surface area contributed by atoms with Crippen molar-refractivity contribution in [1.29, 1.82) is 0 Å². The van der Waals surface area contributed by atoms with E-state index in [1.165, 1.54) is 6.26 Å². The highest BCUT2D eigenvalue weighted by Crippen LogP contribution is 2.33. The van der Waals surface area contributed by atoms with Crippen LogP contribution in [0.2, 0.25) is 0 Å². The summed E-state index contributed by atoms with van der Waals surface area (Å²) in [5.41, 5.74) is 1.08. The van der Waals surface area contributed by atoms with E-state index in [2.05, 4.69) is 12.2 Å². The molecule has 3 rings (SSSR count). The summed E-state index contributed by atoms with van der Waals surface area (Å²) in [6.45, 7) is 5.10. The number of fused-ring (bicyclic) bond motifs is 1. The van der Waals surface area contributed by atoms with E-state index in [1.54, 1.807) is 4.31 Å². The molecule has 0 spiro atoms. The van der Waals surface area contributed by atoms with Gasteiger partial charge in [-0.2, -0.15) is 0 Å². The minimum Gasteiger partial charge on any atom is -0.486 e. The fraction of sp³-hybridized carbons (Fsp3) is 0.625. The van der Waals surface area contributed by atoms with Crippen molar-refractivity contribution in [1.82, 2.24) is 9.62 Å². The van der Waals surface area contributed by atoms with Gasteiger partial charge in [0.25, 0.3) is 0 Å². The first-order valence-corrected chi connectivity index (χ1v) is 9.86. The van der Waals surface area contributed by atoms with Crippen LogP contribution in [-0.4, -0.2) is 51.3 Å². The average Bonchev–Trinajstić information content (AvgIpc) is 2.53. The van der Waals surface area contributed by atoms with Crippen LogP contribution in [0.4, 0.5) is 0 Å². The van der Waals surface area contributed by atoms with Gasteiger partial charge in [0, 0.05) is 31.2 Å². The summed E-state index contributed by atoms with van der Waals surface area (Å²) in [7, 11) is -3.09. The van der Waals surface area contributed by atoms with Gasteiger partial charge in [-0.05, 0) is 18.4 Å². The predicted octanol–water partition coefficient (Wildman–Crippen LogP) is 1.22. The van der Waals surface area contributed by atoms with Crippen molar-refractivity contribution in [2.24, 2.45) is 5.92 Å². The van der Waals surface area contributed by atoms with Crippen LogP contribution in [0, 0.1) is 5.92 Å². The molecule has 2 atom stereocenters. The number of ether oxygens (including phenoxy) is 2. The quantitative estimate of drug-likeness (QED) is 0.892. The van der Waals surface area contributed by atoms with E-state index in [1.807, 2.05) is 18.2 Å². The SMILES string of the molecule is C[C@@H]1CN(S(C)(=O)=O)CC[C@@H]1NCc1cccc2c1OCCO2. The molecule has 0 bridgehead atoms. The lowest BCUT2D eigenvalue weighted by molar-refractivity contribution is 0.168. The molecule has 1 aromatic carbocycles. The molecule has 1 aromatic rings. The first-order valence-electron chi connectivity index (χ1n) is 8.01. The average molecular weight is 340 g/mol. The van der Waals surface area contributed by atoms with Gasteiger partial charge in [0.15, 0.2) is 11.5 Å². The maximum absolute atomic E-state index is 11.7. The largest absolute Gasteiger partial charge is 0.486 e. The number of para-hydroxylation sites is 1. The van der Waals surface area contributed by atoms with Gasteiger partial charge < -0.3 is 14.8 Å². The van der Waals surface area contributed by atoms with Crippen LogP contribution in [0.3, 0.4) is 0 Å². The Balaban J connectivity index is 1.61. The molecule has 2 heterocycles. The minimum absolute atomic E-state index is 0.273. The minimum atomic E-state index is -3.09. The summed E-state index contributed by atoms with van der Waals surface area (Å²) in [4.78, 5) is 0. The molecule has 0 radical (unpaired) electrons. The van der Waals surface area contributed by atoms with Gasteiger partial charge in [-0.15, -0.1) is 0 Å². The molecule has 6 nitrogen and oxygen atoms in total. The number of hydrogen-bond acceptors (Lipinski definition) is 5. The monoisotopic (exact) mass is 340 g/mol. The summed E-state index contributed by atoms with van der Waals surface area (Å²) in [6, 6.07) is 6.23. The second kappa shape index (κ2) is 6.67. The van der Waals surface area contributed by atoms with Crippen molar-refractivity contribution in [2.75, 3.05) is 32.6 Å². The Labute approximate surface area is 137 Å². The lowest BCUT2D eigenvalue weighted by Crippen LogP contribution is -2.49. The third kappa shape index (κ3) is 3.79. The molecule has 2 aliphatic rings. The van der Waals surface area contributed by atoms with Crippen LogP contribution in [0.1, 0.15) is 18.9 Å². The molecule has 23 heavy (non-hydrogen) atoms. The van der Waals surface area contributed by atoms with Gasteiger partial charge in [0.05, 0.1) is 6.26 Å². The van der Waals surface area contributed by atoms with E-state index < -0.39 is 10.0 Å². The van der Waals surface area contributed by atoms with Crippen LogP contribution in [-0.2, 0) is 16.6 Å². The Morgan fingerprint density at radius 3 is 2.83 bits per heavy atom. The number of nitrogens with zero attached hydrogens (tertiary/aromatic N) is 1. The summed E-state index contributed by atoms with van der Waals surface area (Å²) in [6.07, 6.45) is 2.10. The molecule has 7 heteroatoms. The molecule has 128 valence electrons. The molecule has 2 aliphatic heterocycles. The topological polar surface area (TPSA) is 67.9 Å². The van der Waals surface area contributed by atoms with Crippen LogP contribution < -0.4 is 14.8 Å². The zero-order chi connectivity index (χ0) is 16.4. The number of nitrogens with one attached hydrogen (secondary N) is 1. The zero-order valence-corrected chi connectivity index (χ0v) is 14.4. The zero-order valence-electron chi connectivity index (χ0n) is 13.6. The van der Waals surface area contributed by atoms with Gasteiger partial charge in [0.1, 0.15) is 13.2 Å². The van der Waals surface area contributed by atoms with E-state index >= 15 is 0 Å². The van der Waals surface area contributed by atoms with Crippen LogP contribution >= 0.6 is 0 Å². The molecular weight excluding hydrogens is 316 g/mol. The van der Waals surface area contributed by atoms with Crippen molar-refractivity contribution in [3.05, 3.63) is 23.8 Å². The van der Waals surface area contributed by atoms with E-state index in [-0.39, 0.29) is 5.92 Å². The summed E-state index contributed by atoms with van der Waals surface area (Å²) >= 11 is 0. The maximum Gasteiger partial charge on any atom is 0.211 e. The number of piperidine rings is 1. The highest BCUT2D eigenvalue weighted by molar-refractivity contribution is 7.88. The Kier molecular flexibility index (Phi) is 4.79. The summed E-state index contributed by atoms with van der Waals surface area (Å²) < 4.78 is 36.2. The number of benzene rings is 1. The number of rotatable bonds is 4. The molecule has 0 saturated carbocycles. The lowest BCUT2D eigenvalue weighted by Gasteiger charge is -2.36. The van der Waals surface area contributed by atoms with Crippen molar-refractivity contribution < 1.29 is 17.9 Å². The molecule has 1 N–H and O–H groups in total. The highest BCUT2D eigenvalue weighted by Gasteiger charge is 2.30. The fourth-order valence-corrected chi connectivity index (χ4v) is 4.17.